The first-order valence-electron chi connectivity index (χ1n) is 4.33. The SMILES string of the molecule is Cc1sc(-c2ccc(Br)cc2)[s+]c1C. The van der Waals surface area contributed by atoms with E-state index in [-0.39, 0.29) is 0 Å². The van der Waals surface area contributed by atoms with Gasteiger partial charge in [-0.3, -0.25) is 0 Å². The van der Waals surface area contributed by atoms with Crippen LogP contribution < -0.4 is 0 Å². The van der Waals surface area contributed by atoms with Gasteiger partial charge in [0.15, 0.2) is 0 Å². The van der Waals surface area contributed by atoms with Crippen LogP contribution in [0.25, 0.3) is 9.75 Å². The standard InChI is InChI=1S/C11H10BrS2/c1-7-8(2)14-11(13-7)9-3-5-10(12)6-4-9/h3-6H,1-2H3/q+1. The molecule has 2 aromatic rings. The van der Waals surface area contributed by atoms with Gasteiger partial charge in [0.05, 0.1) is 22.7 Å². The lowest BCUT2D eigenvalue weighted by molar-refractivity contribution is 1.51. The topological polar surface area (TPSA) is 0 Å². The monoisotopic (exact) mass is 285 g/mol. The van der Waals surface area contributed by atoms with Crippen molar-refractivity contribution in [1.29, 1.82) is 0 Å². The largest absolute Gasteiger partial charge is 0.285 e. The van der Waals surface area contributed by atoms with Crippen LogP contribution >= 0.6 is 38.6 Å². The molecule has 14 heavy (non-hydrogen) atoms. The maximum atomic E-state index is 3.44. The van der Waals surface area contributed by atoms with Gasteiger partial charge in [-0.15, -0.1) is 0 Å². The fourth-order valence-corrected chi connectivity index (χ4v) is 3.93. The summed E-state index contributed by atoms with van der Waals surface area (Å²) in [4.78, 5) is 2.85. The van der Waals surface area contributed by atoms with Crippen LogP contribution in [0.15, 0.2) is 28.7 Å². The van der Waals surface area contributed by atoms with Crippen molar-refractivity contribution in [3.05, 3.63) is 38.5 Å². The summed E-state index contributed by atoms with van der Waals surface area (Å²) in [6.45, 7) is 4.36. The van der Waals surface area contributed by atoms with Gasteiger partial charge in [0.25, 0.3) is 4.19 Å². The van der Waals surface area contributed by atoms with Gasteiger partial charge in [-0.05, 0) is 38.1 Å². The van der Waals surface area contributed by atoms with Crippen LogP contribution in [0.4, 0.5) is 0 Å². The van der Waals surface area contributed by atoms with Crippen LogP contribution in [-0.2, 0) is 0 Å². The molecule has 0 saturated carbocycles. The predicted octanol–water partition coefficient (Wildman–Crippen LogP) is 5.14. The van der Waals surface area contributed by atoms with Crippen LogP contribution in [0.2, 0.25) is 0 Å². The minimum absolute atomic E-state index is 1.14. The van der Waals surface area contributed by atoms with E-state index in [2.05, 4.69) is 54.0 Å². The number of rotatable bonds is 1. The Hall–Kier alpha value is -0.250. The van der Waals surface area contributed by atoms with E-state index >= 15 is 0 Å². The zero-order chi connectivity index (χ0) is 10.1. The van der Waals surface area contributed by atoms with E-state index in [9.17, 15) is 0 Å². The van der Waals surface area contributed by atoms with E-state index in [0.29, 0.717) is 0 Å². The predicted molar refractivity (Wildman–Crippen MR) is 69.2 cm³/mol. The molecule has 0 aliphatic heterocycles. The summed E-state index contributed by atoms with van der Waals surface area (Å²) in [6, 6.07) is 8.50. The summed E-state index contributed by atoms with van der Waals surface area (Å²) < 4.78 is 2.53. The first-order chi connectivity index (χ1) is 6.66. The Kier molecular flexibility index (Phi) is 3.00. The molecule has 3 heteroatoms. The third kappa shape index (κ3) is 2.05. The van der Waals surface area contributed by atoms with E-state index < -0.39 is 0 Å². The molecule has 0 N–H and O–H groups in total. The smallest absolute Gasteiger partial charge is 0.0508 e. The fourth-order valence-electron chi connectivity index (χ4n) is 1.15. The molecule has 0 aliphatic carbocycles. The van der Waals surface area contributed by atoms with Crippen molar-refractivity contribution in [1.82, 2.24) is 0 Å². The number of hydrogen-bond acceptors (Lipinski definition) is 1. The lowest BCUT2D eigenvalue weighted by atomic mass is 10.2. The molecule has 1 aromatic heterocycles. The van der Waals surface area contributed by atoms with Gasteiger partial charge >= 0.3 is 0 Å². The summed E-state index contributed by atoms with van der Waals surface area (Å²) in [6.07, 6.45) is 0. The number of hydrogen-bond donors (Lipinski definition) is 0. The molecule has 0 radical (unpaired) electrons. The number of benzene rings is 1. The maximum Gasteiger partial charge on any atom is 0.285 e. The third-order valence-electron chi connectivity index (χ3n) is 2.07. The first-order valence-corrected chi connectivity index (χ1v) is 6.75. The summed E-state index contributed by atoms with van der Waals surface area (Å²) in [5.41, 5.74) is 1.32. The maximum absolute atomic E-state index is 3.44. The lowest BCUT2D eigenvalue weighted by Gasteiger charge is -1.89. The van der Waals surface area contributed by atoms with Crippen LogP contribution in [0.3, 0.4) is 0 Å². The molecule has 0 saturated heterocycles. The Bertz CT molecular complexity index is 423. The zero-order valence-electron chi connectivity index (χ0n) is 8.00. The Labute approximate surface area is 100 Å². The minimum atomic E-state index is 1.14. The quantitative estimate of drug-likeness (QED) is 0.637. The van der Waals surface area contributed by atoms with Crippen molar-refractivity contribution in [3.8, 4) is 9.75 Å². The molecular formula is C11H10BrS2+. The van der Waals surface area contributed by atoms with E-state index in [0.717, 1.165) is 4.47 Å². The van der Waals surface area contributed by atoms with Crippen LogP contribution in [0, 0.1) is 13.8 Å². The van der Waals surface area contributed by atoms with E-state index in [4.69, 9.17) is 0 Å². The van der Waals surface area contributed by atoms with Gasteiger partial charge in [0.2, 0.25) is 0 Å². The number of halogens is 1. The molecule has 0 amide bonds. The Morgan fingerprint density at radius 1 is 1.14 bits per heavy atom. The van der Waals surface area contributed by atoms with E-state index in [1.165, 1.54) is 19.5 Å². The second-order valence-electron chi connectivity index (χ2n) is 3.11. The van der Waals surface area contributed by atoms with Crippen LogP contribution in [0.1, 0.15) is 9.75 Å². The van der Waals surface area contributed by atoms with Gasteiger partial charge in [-0.2, -0.15) is 0 Å². The van der Waals surface area contributed by atoms with Gasteiger partial charge in [0, 0.05) is 10.0 Å². The summed E-state index contributed by atoms with van der Waals surface area (Å²) >= 11 is 7.20. The van der Waals surface area contributed by atoms with Crippen molar-refractivity contribution in [2.24, 2.45) is 0 Å². The molecule has 0 fully saturated rings. The van der Waals surface area contributed by atoms with Crippen LogP contribution in [0.5, 0.6) is 0 Å². The normalized spacial score (nSPS) is 10.5. The molecule has 0 aliphatic rings. The Morgan fingerprint density at radius 2 is 1.79 bits per heavy atom. The highest BCUT2D eigenvalue weighted by Crippen LogP contribution is 2.36. The molecule has 72 valence electrons. The summed E-state index contributed by atoms with van der Waals surface area (Å²) in [5, 5.41) is 0. The van der Waals surface area contributed by atoms with Crippen molar-refractivity contribution < 1.29 is 0 Å². The first kappa shape index (κ1) is 10.3. The molecule has 1 aromatic carbocycles. The highest BCUT2D eigenvalue weighted by atomic mass is 79.9. The van der Waals surface area contributed by atoms with Gasteiger partial charge in [-0.25, -0.2) is 0 Å². The van der Waals surface area contributed by atoms with Gasteiger partial charge in [0.1, 0.15) is 9.75 Å². The van der Waals surface area contributed by atoms with Gasteiger partial charge in [-0.1, -0.05) is 15.9 Å². The second kappa shape index (κ2) is 4.09. The Morgan fingerprint density at radius 3 is 2.29 bits per heavy atom. The lowest BCUT2D eigenvalue weighted by Crippen LogP contribution is -1.68. The Balaban J connectivity index is 2.44. The summed E-state index contributed by atoms with van der Waals surface area (Å²) in [5.74, 6) is 0. The molecule has 0 atom stereocenters. The average Bonchev–Trinajstić information content (AvgIpc) is 2.48. The minimum Gasteiger partial charge on any atom is -0.0508 e. The fraction of sp³-hybridized carbons (Fsp3) is 0.182. The van der Waals surface area contributed by atoms with Crippen molar-refractivity contribution in [2.75, 3.05) is 0 Å². The van der Waals surface area contributed by atoms with E-state index in [1.54, 1.807) is 0 Å². The van der Waals surface area contributed by atoms with Gasteiger partial charge < -0.3 is 0 Å². The molecule has 0 bridgehead atoms. The second-order valence-corrected chi connectivity index (χ2v) is 6.73. The van der Waals surface area contributed by atoms with Crippen molar-refractivity contribution in [2.45, 2.75) is 13.8 Å². The average molecular weight is 286 g/mol. The highest BCUT2D eigenvalue weighted by molar-refractivity contribution is 9.10. The molecule has 0 unspecified atom stereocenters. The molecule has 2 rings (SSSR count). The molecule has 1 heterocycles. The zero-order valence-corrected chi connectivity index (χ0v) is 11.2. The van der Waals surface area contributed by atoms with Crippen LogP contribution in [-0.4, -0.2) is 0 Å². The van der Waals surface area contributed by atoms with Crippen molar-refractivity contribution >= 4 is 38.6 Å². The molecule has 0 spiro atoms. The number of aryl methyl sites for hydroxylation is 2. The molecular weight excluding hydrogens is 276 g/mol. The third-order valence-corrected chi connectivity index (χ3v) is 5.29. The molecule has 0 nitrogen and oxygen atoms in total. The highest BCUT2D eigenvalue weighted by Gasteiger charge is 2.17. The summed E-state index contributed by atoms with van der Waals surface area (Å²) in [7, 11) is 0. The van der Waals surface area contributed by atoms with Crippen molar-refractivity contribution in [3.63, 3.8) is 0 Å². The van der Waals surface area contributed by atoms with E-state index in [1.807, 2.05) is 22.7 Å².